The summed E-state index contributed by atoms with van der Waals surface area (Å²) in [6.07, 6.45) is 0.456. The predicted molar refractivity (Wildman–Crippen MR) is 77.8 cm³/mol. The predicted octanol–water partition coefficient (Wildman–Crippen LogP) is 3.66. The Morgan fingerprint density at radius 1 is 1.16 bits per heavy atom. The molecule has 0 spiro atoms. The zero-order valence-electron chi connectivity index (χ0n) is 10.4. The number of ketones is 1. The first-order valence-electron chi connectivity index (χ1n) is 6.34. The van der Waals surface area contributed by atoms with Crippen LogP contribution in [0, 0.1) is 0 Å². The molecule has 0 bridgehead atoms. The molecule has 96 valence electrons. The molecule has 2 aromatic carbocycles. The highest BCUT2D eigenvalue weighted by atomic mass is 35.5. The third-order valence-corrected chi connectivity index (χ3v) is 3.77. The van der Waals surface area contributed by atoms with Crippen LogP contribution in [0.15, 0.2) is 48.5 Å². The molecule has 0 radical (unpaired) electrons. The standard InChI is InChI=1S/C16H14ClNO/c17-12-7-5-11(6-8-12)9-16(19)14-10-18-15-4-2-1-3-13(14)15/h1-8,14,18H,9-10H2. The van der Waals surface area contributed by atoms with Gasteiger partial charge >= 0.3 is 0 Å². The maximum atomic E-state index is 12.4. The number of halogens is 1. The molecule has 1 heterocycles. The highest BCUT2D eigenvalue weighted by molar-refractivity contribution is 6.30. The molecule has 1 N–H and O–H groups in total. The maximum Gasteiger partial charge on any atom is 0.146 e. The van der Waals surface area contributed by atoms with E-state index in [1.54, 1.807) is 0 Å². The lowest BCUT2D eigenvalue weighted by atomic mass is 9.93. The molecule has 0 saturated carbocycles. The SMILES string of the molecule is O=C(Cc1ccc(Cl)cc1)C1CNc2ccccc21. The third kappa shape index (κ3) is 2.49. The number of para-hydroxylation sites is 1. The fraction of sp³-hybridized carbons (Fsp3) is 0.188. The molecule has 3 heteroatoms. The average molecular weight is 272 g/mol. The molecule has 2 nitrogen and oxygen atoms in total. The summed E-state index contributed by atoms with van der Waals surface area (Å²) in [4.78, 5) is 12.4. The van der Waals surface area contributed by atoms with Gasteiger partial charge in [-0.25, -0.2) is 0 Å². The van der Waals surface area contributed by atoms with Crippen molar-refractivity contribution in [3.8, 4) is 0 Å². The van der Waals surface area contributed by atoms with E-state index in [1.807, 2.05) is 48.5 Å². The molecular formula is C16H14ClNO. The van der Waals surface area contributed by atoms with Crippen molar-refractivity contribution in [1.82, 2.24) is 0 Å². The Balaban J connectivity index is 1.77. The van der Waals surface area contributed by atoms with E-state index in [4.69, 9.17) is 11.6 Å². The Bertz CT molecular complexity index is 606. The van der Waals surface area contributed by atoms with Crippen molar-refractivity contribution in [3.05, 3.63) is 64.7 Å². The molecule has 0 saturated heterocycles. The molecule has 3 rings (SSSR count). The molecular weight excluding hydrogens is 258 g/mol. The van der Waals surface area contributed by atoms with Crippen molar-refractivity contribution in [2.75, 3.05) is 11.9 Å². The second-order valence-electron chi connectivity index (χ2n) is 4.79. The zero-order chi connectivity index (χ0) is 13.2. The largest absolute Gasteiger partial charge is 0.384 e. The summed E-state index contributed by atoms with van der Waals surface area (Å²) in [6.45, 7) is 0.700. The van der Waals surface area contributed by atoms with Gasteiger partial charge in [-0.15, -0.1) is 0 Å². The van der Waals surface area contributed by atoms with Crippen LogP contribution < -0.4 is 5.32 Å². The van der Waals surface area contributed by atoms with Gasteiger partial charge in [-0.1, -0.05) is 41.9 Å². The number of benzene rings is 2. The molecule has 1 unspecified atom stereocenters. The van der Waals surface area contributed by atoms with Crippen molar-refractivity contribution < 1.29 is 4.79 Å². The van der Waals surface area contributed by atoms with Crippen LogP contribution in [0.25, 0.3) is 0 Å². The minimum Gasteiger partial charge on any atom is -0.384 e. The molecule has 1 aliphatic heterocycles. The van der Waals surface area contributed by atoms with E-state index in [0.717, 1.165) is 16.8 Å². The fourth-order valence-corrected chi connectivity index (χ4v) is 2.62. The summed E-state index contributed by atoms with van der Waals surface area (Å²) >= 11 is 5.85. The summed E-state index contributed by atoms with van der Waals surface area (Å²) in [6, 6.07) is 15.5. The van der Waals surface area contributed by atoms with Gasteiger partial charge in [0.25, 0.3) is 0 Å². The summed E-state index contributed by atoms with van der Waals surface area (Å²) in [7, 11) is 0. The molecule has 19 heavy (non-hydrogen) atoms. The quantitative estimate of drug-likeness (QED) is 0.923. The smallest absolute Gasteiger partial charge is 0.146 e. The van der Waals surface area contributed by atoms with E-state index >= 15 is 0 Å². The molecule has 1 atom stereocenters. The van der Waals surface area contributed by atoms with Gasteiger partial charge in [-0.3, -0.25) is 4.79 Å². The zero-order valence-corrected chi connectivity index (χ0v) is 11.2. The second-order valence-corrected chi connectivity index (χ2v) is 5.23. The lowest BCUT2D eigenvalue weighted by molar-refractivity contribution is -0.119. The van der Waals surface area contributed by atoms with Gasteiger partial charge in [-0.05, 0) is 29.3 Å². The van der Waals surface area contributed by atoms with E-state index in [2.05, 4.69) is 5.32 Å². The topological polar surface area (TPSA) is 29.1 Å². The number of carbonyl (C=O) groups excluding carboxylic acids is 1. The number of hydrogen-bond donors (Lipinski definition) is 1. The van der Waals surface area contributed by atoms with Gasteiger partial charge < -0.3 is 5.32 Å². The molecule has 0 aliphatic carbocycles. The lowest BCUT2D eigenvalue weighted by Crippen LogP contribution is -2.16. The van der Waals surface area contributed by atoms with Crippen LogP contribution in [0.3, 0.4) is 0 Å². The van der Waals surface area contributed by atoms with Crippen molar-refractivity contribution in [2.24, 2.45) is 0 Å². The number of rotatable bonds is 3. The van der Waals surface area contributed by atoms with Gasteiger partial charge in [-0.2, -0.15) is 0 Å². The second kappa shape index (κ2) is 5.06. The molecule has 0 fully saturated rings. The fourth-order valence-electron chi connectivity index (χ4n) is 2.50. The van der Waals surface area contributed by atoms with Crippen LogP contribution in [0.2, 0.25) is 5.02 Å². The van der Waals surface area contributed by atoms with Crippen molar-refractivity contribution >= 4 is 23.1 Å². The molecule has 2 aromatic rings. The van der Waals surface area contributed by atoms with Gasteiger partial charge in [0.05, 0.1) is 5.92 Å². The third-order valence-electron chi connectivity index (χ3n) is 3.51. The van der Waals surface area contributed by atoms with Crippen LogP contribution in [0.4, 0.5) is 5.69 Å². The molecule has 0 amide bonds. The van der Waals surface area contributed by atoms with E-state index in [9.17, 15) is 4.79 Å². The minimum atomic E-state index is -0.0353. The van der Waals surface area contributed by atoms with Crippen molar-refractivity contribution in [1.29, 1.82) is 0 Å². The highest BCUT2D eigenvalue weighted by Gasteiger charge is 2.27. The number of hydrogen-bond acceptors (Lipinski definition) is 2. The van der Waals surface area contributed by atoms with Crippen molar-refractivity contribution in [2.45, 2.75) is 12.3 Å². The maximum absolute atomic E-state index is 12.4. The van der Waals surface area contributed by atoms with Crippen LogP contribution in [0.5, 0.6) is 0 Å². The number of carbonyl (C=O) groups is 1. The van der Waals surface area contributed by atoms with E-state index in [-0.39, 0.29) is 11.7 Å². The first-order chi connectivity index (χ1) is 9.24. The van der Waals surface area contributed by atoms with Gasteiger partial charge in [0.15, 0.2) is 0 Å². The minimum absolute atomic E-state index is 0.0353. The first-order valence-corrected chi connectivity index (χ1v) is 6.72. The first kappa shape index (κ1) is 12.2. The number of nitrogens with one attached hydrogen (secondary N) is 1. The van der Waals surface area contributed by atoms with E-state index in [1.165, 1.54) is 0 Å². The summed E-state index contributed by atoms with van der Waals surface area (Å²) in [5, 5.41) is 3.98. The highest BCUT2D eigenvalue weighted by Crippen LogP contribution is 2.32. The Hall–Kier alpha value is -1.80. The van der Waals surface area contributed by atoms with E-state index in [0.29, 0.717) is 18.0 Å². The number of Topliss-reactive ketones (excluding diaryl/α,β-unsaturated/α-hetero) is 1. The average Bonchev–Trinajstić information content (AvgIpc) is 2.85. The Kier molecular flexibility index (Phi) is 3.26. The molecule has 0 aromatic heterocycles. The molecule has 1 aliphatic rings. The van der Waals surface area contributed by atoms with Gasteiger partial charge in [0.1, 0.15) is 5.78 Å². The van der Waals surface area contributed by atoms with Crippen molar-refractivity contribution in [3.63, 3.8) is 0 Å². The number of anilines is 1. The van der Waals surface area contributed by atoms with Crippen LogP contribution >= 0.6 is 11.6 Å². The van der Waals surface area contributed by atoms with E-state index < -0.39 is 0 Å². The lowest BCUT2D eigenvalue weighted by Gasteiger charge is -2.09. The monoisotopic (exact) mass is 271 g/mol. The van der Waals surface area contributed by atoms with Crippen LogP contribution in [0.1, 0.15) is 17.0 Å². The summed E-state index contributed by atoms with van der Waals surface area (Å²) in [5.41, 5.74) is 3.21. The Morgan fingerprint density at radius 3 is 2.68 bits per heavy atom. The van der Waals surface area contributed by atoms with Crippen LogP contribution in [-0.2, 0) is 11.2 Å². The van der Waals surface area contributed by atoms with Gasteiger partial charge in [0, 0.05) is 23.7 Å². The van der Waals surface area contributed by atoms with Crippen LogP contribution in [-0.4, -0.2) is 12.3 Å². The summed E-state index contributed by atoms with van der Waals surface area (Å²) < 4.78 is 0. The Morgan fingerprint density at radius 2 is 1.89 bits per heavy atom. The normalized spacial score (nSPS) is 16.8. The van der Waals surface area contributed by atoms with Gasteiger partial charge in [0.2, 0.25) is 0 Å². The Labute approximate surface area is 117 Å². The summed E-state index contributed by atoms with van der Waals surface area (Å²) in [5.74, 6) is 0.214. The number of fused-ring (bicyclic) bond motifs is 1.